The summed E-state index contributed by atoms with van der Waals surface area (Å²) in [6.45, 7) is 1.59. The zero-order valence-corrected chi connectivity index (χ0v) is 16.5. The monoisotopic (exact) mass is 430 g/mol. The van der Waals surface area contributed by atoms with Gasteiger partial charge in [0.2, 0.25) is 0 Å². The van der Waals surface area contributed by atoms with Crippen LogP contribution in [-0.4, -0.2) is 19.3 Å². The van der Waals surface area contributed by atoms with Crippen LogP contribution in [-0.2, 0) is 9.53 Å². The van der Waals surface area contributed by atoms with Gasteiger partial charge in [0.05, 0.1) is 30.2 Å². The lowest BCUT2D eigenvalue weighted by molar-refractivity contribution is -0.137. The predicted octanol–water partition coefficient (Wildman–Crippen LogP) is 5.51. The summed E-state index contributed by atoms with van der Waals surface area (Å²) in [5.74, 6) is -2.55. The maximum absolute atomic E-state index is 14.6. The van der Waals surface area contributed by atoms with Gasteiger partial charge in [-0.3, -0.25) is 0 Å². The van der Waals surface area contributed by atoms with Crippen LogP contribution in [0.5, 0.6) is 0 Å². The van der Waals surface area contributed by atoms with Gasteiger partial charge in [-0.15, -0.1) is 0 Å². The van der Waals surface area contributed by atoms with Gasteiger partial charge in [0.1, 0.15) is 5.82 Å². The zero-order chi connectivity index (χ0) is 21.8. The number of esters is 1. The third-order valence-corrected chi connectivity index (χ3v) is 4.82. The standard InChI is InChI=1S/C20H19ClF4N2O2/c1-11-14(10-26)17(13-7-6-12(21)9-15(13)22)18(19(28)29-2)16(27-11)5-3-4-8-20(23,24)25/h6-7,9,17,27H,3-5,8H2,1-2H3. The van der Waals surface area contributed by atoms with Crippen LogP contribution in [0.1, 0.15) is 44.1 Å². The van der Waals surface area contributed by atoms with Crippen LogP contribution in [0.4, 0.5) is 17.6 Å². The second-order valence-corrected chi connectivity index (χ2v) is 7.02. The lowest BCUT2D eigenvalue weighted by Gasteiger charge is -2.30. The summed E-state index contributed by atoms with van der Waals surface area (Å²) in [6.07, 6.45) is -5.08. The molecular formula is C20H19ClF4N2O2. The van der Waals surface area contributed by atoms with Gasteiger partial charge in [-0.1, -0.05) is 17.7 Å². The normalized spacial score (nSPS) is 17.1. The molecular weight excluding hydrogens is 412 g/mol. The Morgan fingerprint density at radius 1 is 1.34 bits per heavy atom. The minimum absolute atomic E-state index is 0.00267. The van der Waals surface area contributed by atoms with Crippen molar-refractivity contribution in [3.05, 3.63) is 57.1 Å². The number of rotatable bonds is 6. The van der Waals surface area contributed by atoms with E-state index >= 15 is 0 Å². The first kappa shape index (κ1) is 22.8. The quantitative estimate of drug-likeness (QED) is 0.367. The maximum Gasteiger partial charge on any atom is 0.389 e. The van der Waals surface area contributed by atoms with E-state index in [0.29, 0.717) is 11.4 Å². The zero-order valence-electron chi connectivity index (χ0n) is 15.8. The number of carbonyl (C=O) groups is 1. The molecule has 1 aromatic rings. The Morgan fingerprint density at radius 3 is 2.59 bits per heavy atom. The van der Waals surface area contributed by atoms with E-state index in [4.69, 9.17) is 16.3 Å². The Bertz CT molecular complexity index is 901. The van der Waals surface area contributed by atoms with E-state index in [0.717, 1.165) is 13.2 Å². The number of unbranched alkanes of at least 4 members (excludes halogenated alkanes) is 1. The van der Waals surface area contributed by atoms with Crippen LogP contribution in [0.3, 0.4) is 0 Å². The highest BCUT2D eigenvalue weighted by Gasteiger charge is 2.36. The van der Waals surface area contributed by atoms with Gasteiger partial charge in [0.25, 0.3) is 0 Å². The largest absolute Gasteiger partial charge is 0.466 e. The fourth-order valence-corrected chi connectivity index (χ4v) is 3.43. The third-order valence-electron chi connectivity index (χ3n) is 4.58. The lowest BCUT2D eigenvalue weighted by Crippen LogP contribution is -2.30. The van der Waals surface area contributed by atoms with E-state index in [9.17, 15) is 27.6 Å². The minimum atomic E-state index is -4.27. The van der Waals surface area contributed by atoms with Gasteiger partial charge in [-0.2, -0.15) is 18.4 Å². The molecule has 1 unspecified atom stereocenters. The van der Waals surface area contributed by atoms with Crippen molar-refractivity contribution in [3.8, 4) is 6.07 Å². The van der Waals surface area contributed by atoms with Gasteiger partial charge in [0, 0.05) is 28.4 Å². The second kappa shape index (κ2) is 9.31. The molecule has 1 aromatic carbocycles. The van der Waals surface area contributed by atoms with E-state index in [2.05, 4.69) is 5.32 Å². The molecule has 0 fully saturated rings. The van der Waals surface area contributed by atoms with Crippen LogP contribution in [0.25, 0.3) is 0 Å². The number of benzene rings is 1. The molecule has 0 amide bonds. The summed E-state index contributed by atoms with van der Waals surface area (Å²) in [7, 11) is 1.14. The average Bonchev–Trinajstić information content (AvgIpc) is 2.63. The van der Waals surface area contributed by atoms with E-state index in [-0.39, 0.29) is 41.0 Å². The Labute approximate surface area is 170 Å². The molecule has 0 radical (unpaired) electrons. The third kappa shape index (κ3) is 5.51. The van der Waals surface area contributed by atoms with Gasteiger partial charge in [-0.05, 0) is 38.3 Å². The molecule has 0 spiro atoms. The molecule has 0 bridgehead atoms. The SMILES string of the molecule is COC(=O)C1=C(CCCCC(F)(F)F)NC(C)=C(C#N)C1c1ccc(Cl)cc1F. The van der Waals surface area contributed by atoms with Crippen molar-refractivity contribution in [3.63, 3.8) is 0 Å². The topological polar surface area (TPSA) is 62.1 Å². The van der Waals surface area contributed by atoms with Crippen LogP contribution >= 0.6 is 11.6 Å². The molecule has 0 saturated carbocycles. The Kier molecular flexibility index (Phi) is 7.31. The fraction of sp³-hybridized carbons (Fsp3) is 0.400. The van der Waals surface area contributed by atoms with Crippen molar-refractivity contribution in [1.82, 2.24) is 5.32 Å². The van der Waals surface area contributed by atoms with Crippen LogP contribution in [0.15, 0.2) is 40.7 Å². The van der Waals surface area contributed by atoms with Crippen LogP contribution in [0.2, 0.25) is 5.02 Å². The van der Waals surface area contributed by atoms with Crippen LogP contribution < -0.4 is 5.32 Å². The summed E-state index contributed by atoms with van der Waals surface area (Å²) in [4.78, 5) is 12.5. The number of methoxy groups -OCH3 is 1. The molecule has 2 rings (SSSR count). The number of ether oxygens (including phenoxy) is 1. The minimum Gasteiger partial charge on any atom is -0.466 e. The number of allylic oxidation sites excluding steroid dienone is 3. The highest BCUT2D eigenvalue weighted by Crippen LogP contribution is 2.41. The van der Waals surface area contributed by atoms with E-state index in [1.54, 1.807) is 6.92 Å². The molecule has 0 aromatic heterocycles. The molecule has 1 atom stereocenters. The first-order chi connectivity index (χ1) is 13.6. The van der Waals surface area contributed by atoms with E-state index < -0.39 is 30.3 Å². The summed E-state index contributed by atoms with van der Waals surface area (Å²) < 4.78 is 56.7. The van der Waals surface area contributed by atoms with Crippen molar-refractivity contribution in [2.45, 2.75) is 44.7 Å². The molecule has 1 N–H and O–H groups in total. The molecule has 156 valence electrons. The Balaban J connectivity index is 2.49. The lowest BCUT2D eigenvalue weighted by atomic mass is 9.80. The summed E-state index contributed by atoms with van der Waals surface area (Å²) in [6, 6.07) is 5.87. The predicted molar refractivity (Wildman–Crippen MR) is 99.2 cm³/mol. The highest BCUT2D eigenvalue weighted by atomic mass is 35.5. The van der Waals surface area contributed by atoms with Crippen molar-refractivity contribution in [2.75, 3.05) is 7.11 Å². The first-order valence-corrected chi connectivity index (χ1v) is 9.17. The molecule has 0 saturated heterocycles. The molecule has 29 heavy (non-hydrogen) atoms. The van der Waals surface area contributed by atoms with Crippen molar-refractivity contribution >= 4 is 17.6 Å². The maximum atomic E-state index is 14.6. The molecule has 1 aliphatic rings. The van der Waals surface area contributed by atoms with Gasteiger partial charge in [0.15, 0.2) is 0 Å². The van der Waals surface area contributed by atoms with E-state index in [1.807, 2.05) is 6.07 Å². The Morgan fingerprint density at radius 2 is 2.03 bits per heavy atom. The number of nitriles is 1. The van der Waals surface area contributed by atoms with Gasteiger partial charge < -0.3 is 10.1 Å². The van der Waals surface area contributed by atoms with Crippen molar-refractivity contribution in [2.24, 2.45) is 0 Å². The number of dihydropyridines is 1. The number of alkyl halides is 3. The fourth-order valence-electron chi connectivity index (χ4n) is 3.27. The highest BCUT2D eigenvalue weighted by molar-refractivity contribution is 6.30. The summed E-state index contributed by atoms with van der Waals surface area (Å²) in [5.41, 5.74) is 0.883. The molecule has 1 heterocycles. The molecule has 0 aliphatic carbocycles. The molecule has 4 nitrogen and oxygen atoms in total. The number of hydrogen-bond acceptors (Lipinski definition) is 4. The number of nitrogens with one attached hydrogen (secondary N) is 1. The van der Waals surface area contributed by atoms with Gasteiger partial charge >= 0.3 is 12.1 Å². The molecule has 1 aliphatic heterocycles. The summed E-state index contributed by atoms with van der Waals surface area (Å²) >= 11 is 5.81. The number of carbonyl (C=O) groups excluding carboxylic acids is 1. The molecule has 9 heteroatoms. The number of nitrogens with zero attached hydrogens (tertiary/aromatic N) is 1. The van der Waals surface area contributed by atoms with Crippen LogP contribution in [0, 0.1) is 17.1 Å². The Hall–Kier alpha value is -2.53. The smallest absolute Gasteiger partial charge is 0.389 e. The van der Waals surface area contributed by atoms with Crippen molar-refractivity contribution in [1.29, 1.82) is 5.26 Å². The summed E-state index contributed by atoms with van der Waals surface area (Å²) in [5, 5.41) is 12.7. The van der Waals surface area contributed by atoms with Crippen molar-refractivity contribution < 1.29 is 27.1 Å². The first-order valence-electron chi connectivity index (χ1n) is 8.80. The van der Waals surface area contributed by atoms with E-state index in [1.165, 1.54) is 12.1 Å². The number of hydrogen-bond donors (Lipinski definition) is 1. The average molecular weight is 431 g/mol. The van der Waals surface area contributed by atoms with Gasteiger partial charge in [-0.25, -0.2) is 9.18 Å². The number of halogens is 5. The second-order valence-electron chi connectivity index (χ2n) is 6.58.